The molecule has 7 nitrogen and oxygen atoms in total. The van der Waals surface area contributed by atoms with Crippen LogP contribution in [-0.4, -0.2) is 38.8 Å². The van der Waals surface area contributed by atoms with Gasteiger partial charge in [0.05, 0.1) is 0 Å². The number of urea groups is 1. The van der Waals surface area contributed by atoms with E-state index in [0.717, 1.165) is 10.5 Å². The van der Waals surface area contributed by atoms with E-state index in [0.29, 0.717) is 6.42 Å². The number of carbonyl (C=O) groups is 1. The molecule has 2 amide bonds. The highest BCUT2D eigenvalue weighted by molar-refractivity contribution is 7.51. The van der Waals surface area contributed by atoms with Crippen molar-refractivity contribution in [1.29, 1.82) is 0 Å². The average Bonchev–Trinajstić information content (AvgIpc) is 2.33. The Bertz CT molecular complexity index is 433. The van der Waals surface area contributed by atoms with Crippen LogP contribution >= 0.6 is 7.60 Å². The van der Waals surface area contributed by atoms with Crippen LogP contribution < -0.4 is 5.48 Å². The molecule has 0 aromatic heterocycles. The number of nitrogens with one attached hydrogen (secondary N) is 1. The van der Waals surface area contributed by atoms with Gasteiger partial charge in [-0.2, -0.15) is 0 Å². The average molecular weight is 274 g/mol. The lowest BCUT2D eigenvalue weighted by molar-refractivity contribution is 0.132. The van der Waals surface area contributed by atoms with Gasteiger partial charge >= 0.3 is 13.6 Å². The largest absolute Gasteiger partial charge is 0.344 e. The maximum atomic E-state index is 11.2. The molecule has 1 aromatic carbocycles. The van der Waals surface area contributed by atoms with Gasteiger partial charge in [-0.25, -0.2) is 10.3 Å². The Balaban J connectivity index is 2.62. The molecule has 0 heterocycles. The van der Waals surface area contributed by atoms with E-state index in [1.165, 1.54) is 5.48 Å². The second kappa shape index (κ2) is 6.51. The number of rotatable bonds is 5. The summed E-state index contributed by atoms with van der Waals surface area (Å²) in [4.78, 5) is 29.8. The fourth-order valence-electron chi connectivity index (χ4n) is 1.44. The predicted molar refractivity (Wildman–Crippen MR) is 64.1 cm³/mol. The summed E-state index contributed by atoms with van der Waals surface area (Å²) >= 11 is 0. The van der Waals surface area contributed by atoms with Crippen LogP contribution in [-0.2, 0) is 11.0 Å². The van der Waals surface area contributed by atoms with E-state index in [-0.39, 0.29) is 6.54 Å². The highest BCUT2D eigenvalue weighted by Gasteiger charge is 2.22. The predicted octanol–water partition coefficient (Wildman–Crippen LogP) is 0.765. The molecule has 4 N–H and O–H groups in total. The monoisotopic (exact) mass is 274 g/mol. The van der Waals surface area contributed by atoms with Crippen LogP contribution in [0.5, 0.6) is 0 Å². The Hall–Kier alpha value is -1.40. The number of nitrogens with zero attached hydrogens (tertiary/aromatic N) is 1. The van der Waals surface area contributed by atoms with E-state index in [2.05, 4.69) is 0 Å². The number of carbonyl (C=O) groups excluding carboxylic acids is 1. The number of hydrogen-bond donors (Lipinski definition) is 4. The topological polar surface area (TPSA) is 110 Å². The summed E-state index contributed by atoms with van der Waals surface area (Å²) in [5.74, 6) is 0. The van der Waals surface area contributed by atoms with Gasteiger partial charge in [-0.1, -0.05) is 30.3 Å². The Morgan fingerprint density at radius 2 is 1.89 bits per heavy atom. The van der Waals surface area contributed by atoms with Gasteiger partial charge in [-0.3, -0.25) is 9.77 Å². The highest BCUT2D eigenvalue weighted by atomic mass is 31.2. The third-order valence-electron chi connectivity index (χ3n) is 2.25. The van der Waals surface area contributed by atoms with Gasteiger partial charge in [0.1, 0.15) is 6.29 Å². The molecule has 0 unspecified atom stereocenters. The molecule has 0 aliphatic rings. The minimum absolute atomic E-state index is 0.0987. The van der Waals surface area contributed by atoms with Gasteiger partial charge in [0.25, 0.3) is 0 Å². The van der Waals surface area contributed by atoms with Crippen LogP contribution in [0.3, 0.4) is 0 Å². The molecule has 0 bridgehead atoms. The molecule has 0 atom stereocenters. The van der Waals surface area contributed by atoms with Gasteiger partial charge in [0, 0.05) is 6.54 Å². The number of benzene rings is 1. The first-order valence-corrected chi connectivity index (χ1v) is 6.99. The number of hydrogen-bond acceptors (Lipinski definition) is 3. The molecule has 0 radical (unpaired) electrons. The molecule has 0 fully saturated rings. The second-order valence-electron chi connectivity index (χ2n) is 3.72. The van der Waals surface area contributed by atoms with Gasteiger partial charge in [0.15, 0.2) is 0 Å². The Labute approximate surface area is 104 Å². The van der Waals surface area contributed by atoms with Gasteiger partial charge in [-0.05, 0) is 12.0 Å². The van der Waals surface area contributed by atoms with Gasteiger partial charge < -0.3 is 14.7 Å². The molecular formula is C10H15N2O5P. The third-order valence-corrected chi connectivity index (χ3v) is 2.96. The Morgan fingerprint density at radius 3 is 2.39 bits per heavy atom. The van der Waals surface area contributed by atoms with E-state index in [1.54, 1.807) is 0 Å². The SMILES string of the molecule is O=C(NO)N(CCc1ccccc1)CP(=O)(O)O. The molecule has 0 saturated carbocycles. The molecule has 100 valence electrons. The highest BCUT2D eigenvalue weighted by Crippen LogP contribution is 2.35. The van der Waals surface area contributed by atoms with E-state index in [1.807, 2.05) is 30.3 Å². The quantitative estimate of drug-likeness (QED) is 0.360. The molecule has 0 aliphatic heterocycles. The van der Waals surface area contributed by atoms with Crippen LogP contribution in [0.4, 0.5) is 4.79 Å². The van der Waals surface area contributed by atoms with Crippen LogP contribution in [0.15, 0.2) is 30.3 Å². The first kappa shape index (κ1) is 14.7. The molecule has 0 saturated heterocycles. The summed E-state index contributed by atoms with van der Waals surface area (Å²) in [6.07, 6.45) is -0.291. The van der Waals surface area contributed by atoms with Gasteiger partial charge in [-0.15, -0.1) is 0 Å². The molecule has 8 heteroatoms. The zero-order chi connectivity index (χ0) is 13.6. The summed E-state index contributed by atoms with van der Waals surface area (Å²) in [6.45, 7) is 0.0987. The lowest BCUT2D eigenvalue weighted by Gasteiger charge is -2.21. The van der Waals surface area contributed by atoms with Crippen molar-refractivity contribution in [2.45, 2.75) is 6.42 Å². The summed E-state index contributed by atoms with van der Waals surface area (Å²) in [6, 6.07) is 8.24. The molecule has 0 spiro atoms. The molecule has 18 heavy (non-hydrogen) atoms. The minimum atomic E-state index is -4.36. The fraction of sp³-hybridized carbons (Fsp3) is 0.300. The van der Waals surface area contributed by atoms with Gasteiger partial charge in [0.2, 0.25) is 0 Å². The van der Waals surface area contributed by atoms with Crippen molar-refractivity contribution < 1.29 is 24.4 Å². The maximum Gasteiger partial charge on any atom is 0.344 e. The van der Waals surface area contributed by atoms with Crippen molar-refractivity contribution >= 4 is 13.6 Å². The zero-order valence-corrected chi connectivity index (χ0v) is 10.5. The standard InChI is InChI=1S/C10H15N2O5P/c13-10(11-14)12(8-18(15,16)17)7-6-9-4-2-1-3-5-9/h1-5,14H,6-8H2,(H,11,13)(H2,15,16,17). The second-order valence-corrected chi connectivity index (χ2v) is 5.33. The maximum absolute atomic E-state index is 11.2. The summed E-state index contributed by atoms with van der Waals surface area (Å²) in [5.41, 5.74) is 2.30. The summed E-state index contributed by atoms with van der Waals surface area (Å²) in [5, 5.41) is 8.51. The fourth-order valence-corrected chi connectivity index (χ4v) is 2.15. The van der Waals surface area contributed by atoms with Crippen LogP contribution in [0, 0.1) is 0 Å². The van der Waals surface area contributed by atoms with Crippen molar-refractivity contribution in [1.82, 2.24) is 10.4 Å². The number of amides is 2. The zero-order valence-electron chi connectivity index (χ0n) is 9.56. The first-order chi connectivity index (χ1) is 8.42. The van der Waals surface area contributed by atoms with Crippen molar-refractivity contribution in [2.75, 3.05) is 12.8 Å². The third kappa shape index (κ3) is 5.29. The lowest BCUT2D eigenvalue weighted by atomic mass is 10.1. The van der Waals surface area contributed by atoms with Crippen molar-refractivity contribution in [3.05, 3.63) is 35.9 Å². The number of hydroxylamine groups is 1. The summed E-state index contributed by atoms with van der Waals surface area (Å²) in [7, 11) is -4.36. The van der Waals surface area contributed by atoms with Crippen LogP contribution in [0.25, 0.3) is 0 Å². The van der Waals surface area contributed by atoms with Crippen molar-refractivity contribution in [2.24, 2.45) is 0 Å². The normalized spacial score (nSPS) is 11.1. The van der Waals surface area contributed by atoms with Crippen LogP contribution in [0.2, 0.25) is 0 Å². The summed E-state index contributed by atoms with van der Waals surface area (Å²) < 4.78 is 10.9. The van der Waals surface area contributed by atoms with E-state index >= 15 is 0 Å². The van der Waals surface area contributed by atoms with Crippen molar-refractivity contribution in [3.63, 3.8) is 0 Å². The molecular weight excluding hydrogens is 259 g/mol. The molecule has 0 aliphatic carbocycles. The molecule has 1 rings (SSSR count). The minimum Gasteiger partial charge on any atom is -0.323 e. The smallest absolute Gasteiger partial charge is 0.323 e. The van der Waals surface area contributed by atoms with Crippen molar-refractivity contribution in [3.8, 4) is 0 Å². The Kier molecular flexibility index (Phi) is 5.30. The molecule has 1 aromatic rings. The van der Waals surface area contributed by atoms with E-state index in [9.17, 15) is 9.36 Å². The van der Waals surface area contributed by atoms with E-state index in [4.69, 9.17) is 15.0 Å². The van der Waals surface area contributed by atoms with Crippen LogP contribution in [0.1, 0.15) is 5.56 Å². The Morgan fingerprint density at radius 1 is 1.28 bits per heavy atom. The first-order valence-electron chi connectivity index (χ1n) is 5.20. The lowest BCUT2D eigenvalue weighted by Crippen LogP contribution is -2.40. The van der Waals surface area contributed by atoms with E-state index < -0.39 is 19.9 Å².